The molecule has 94 valence electrons. The molecule has 18 heavy (non-hydrogen) atoms. The molecule has 0 amide bonds. The molecule has 1 aromatic heterocycles. The van der Waals surface area contributed by atoms with Crippen LogP contribution >= 0.6 is 0 Å². The minimum atomic E-state index is -1.59. The normalized spacial score (nSPS) is 10.7. The number of hydrogen-bond donors (Lipinski definition) is 0. The molecule has 1 heterocycles. The molecule has 2 aromatic rings. The number of aryl methyl sites for hydroxylation is 2. The number of carbonyl (C=O) groups is 1. The lowest BCUT2D eigenvalue weighted by Gasteiger charge is -2.01. The van der Waals surface area contributed by atoms with E-state index in [1.807, 2.05) is 0 Å². The van der Waals surface area contributed by atoms with Gasteiger partial charge in [-0.3, -0.25) is 4.79 Å². The third-order valence-corrected chi connectivity index (χ3v) is 2.53. The lowest BCUT2D eigenvalue weighted by molar-refractivity contribution is 0.103. The van der Waals surface area contributed by atoms with Gasteiger partial charge in [-0.05, 0) is 32.0 Å². The van der Waals surface area contributed by atoms with Crippen molar-refractivity contribution in [2.45, 2.75) is 13.8 Å². The lowest BCUT2D eigenvalue weighted by Crippen LogP contribution is -2.04. The Morgan fingerprint density at radius 1 is 1.06 bits per heavy atom. The summed E-state index contributed by atoms with van der Waals surface area (Å²) in [5, 5.41) is 0. The van der Waals surface area contributed by atoms with E-state index < -0.39 is 23.2 Å². The molecule has 0 spiro atoms. The second-order valence-corrected chi connectivity index (χ2v) is 3.91. The largest absolute Gasteiger partial charge is 0.466 e. The van der Waals surface area contributed by atoms with Gasteiger partial charge >= 0.3 is 0 Å². The predicted octanol–water partition coefficient (Wildman–Crippen LogP) is 3.54. The number of halogens is 3. The number of furan rings is 1. The Morgan fingerprint density at radius 3 is 2.06 bits per heavy atom. The van der Waals surface area contributed by atoms with E-state index in [2.05, 4.69) is 0 Å². The van der Waals surface area contributed by atoms with Gasteiger partial charge < -0.3 is 4.42 Å². The summed E-state index contributed by atoms with van der Waals surface area (Å²) in [6.07, 6.45) is 0. The van der Waals surface area contributed by atoms with E-state index in [0.717, 1.165) is 0 Å². The average molecular weight is 254 g/mol. The molecule has 5 heteroatoms. The van der Waals surface area contributed by atoms with Crippen LogP contribution in [0.2, 0.25) is 0 Å². The first kappa shape index (κ1) is 12.4. The van der Waals surface area contributed by atoms with Crippen molar-refractivity contribution >= 4 is 5.78 Å². The van der Waals surface area contributed by atoms with Gasteiger partial charge in [-0.2, -0.15) is 0 Å². The van der Waals surface area contributed by atoms with Gasteiger partial charge in [0.05, 0.1) is 5.56 Å². The third-order valence-electron chi connectivity index (χ3n) is 2.53. The van der Waals surface area contributed by atoms with Gasteiger partial charge in [0.1, 0.15) is 11.5 Å². The van der Waals surface area contributed by atoms with Crippen LogP contribution in [0.1, 0.15) is 27.4 Å². The van der Waals surface area contributed by atoms with Crippen LogP contribution in [0.25, 0.3) is 0 Å². The fraction of sp³-hybridized carbons (Fsp3) is 0.154. The van der Waals surface area contributed by atoms with Crippen molar-refractivity contribution < 1.29 is 22.4 Å². The fourth-order valence-corrected chi connectivity index (χ4v) is 1.70. The molecule has 2 rings (SSSR count). The molecule has 0 N–H and O–H groups in total. The average Bonchev–Trinajstić information content (AvgIpc) is 2.63. The van der Waals surface area contributed by atoms with E-state index in [4.69, 9.17) is 4.42 Å². The van der Waals surface area contributed by atoms with Gasteiger partial charge in [0.2, 0.25) is 0 Å². The van der Waals surface area contributed by atoms with Gasteiger partial charge in [0.15, 0.2) is 23.2 Å². The lowest BCUT2D eigenvalue weighted by atomic mass is 10.0. The SMILES string of the molecule is Cc1cc(C(=O)c2cc(F)c(F)c(F)c2)c(C)o1. The van der Waals surface area contributed by atoms with Crippen LogP contribution in [0.15, 0.2) is 22.6 Å². The van der Waals surface area contributed by atoms with Crippen molar-refractivity contribution in [2.24, 2.45) is 0 Å². The molecule has 0 aliphatic heterocycles. The van der Waals surface area contributed by atoms with Gasteiger partial charge in [-0.25, -0.2) is 13.2 Å². The van der Waals surface area contributed by atoms with Crippen molar-refractivity contribution in [3.8, 4) is 0 Å². The van der Waals surface area contributed by atoms with Crippen LogP contribution in [0, 0.1) is 31.3 Å². The van der Waals surface area contributed by atoms with Crippen molar-refractivity contribution in [3.05, 3.63) is 58.3 Å². The van der Waals surface area contributed by atoms with Gasteiger partial charge in [0.25, 0.3) is 0 Å². The van der Waals surface area contributed by atoms with E-state index in [0.29, 0.717) is 23.7 Å². The van der Waals surface area contributed by atoms with E-state index in [9.17, 15) is 18.0 Å². The smallest absolute Gasteiger partial charge is 0.196 e. The summed E-state index contributed by atoms with van der Waals surface area (Å²) in [6.45, 7) is 3.21. The maximum atomic E-state index is 13.0. The number of ketones is 1. The Kier molecular flexibility index (Phi) is 2.98. The fourth-order valence-electron chi connectivity index (χ4n) is 1.70. The van der Waals surface area contributed by atoms with Crippen molar-refractivity contribution in [2.75, 3.05) is 0 Å². The van der Waals surface area contributed by atoms with Crippen LogP contribution in [0.3, 0.4) is 0 Å². The molecular weight excluding hydrogens is 245 g/mol. The van der Waals surface area contributed by atoms with Crippen LogP contribution < -0.4 is 0 Å². The topological polar surface area (TPSA) is 30.2 Å². The van der Waals surface area contributed by atoms with E-state index in [1.54, 1.807) is 13.8 Å². The number of rotatable bonds is 2. The number of hydrogen-bond acceptors (Lipinski definition) is 2. The summed E-state index contributed by atoms with van der Waals surface area (Å²) in [4.78, 5) is 12.0. The minimum Gasteiger partial charge on any atom is -0.466 e. The van der Waals surface area contributed by atoms with E-state index in [-0.39, 0.29) is 11.1 Å². The molecule has 0 bridgehead atoms. The Morgan fingerprint density at radius 2 is 1.61 bits per heavy atom. The first-order valence-corrected chi connectivity index (χ1v) is 5.16. The van der Waals surface area contributed by atoms with Crippen LogP contribution in [0.4, 0.5) is 13.2 Å². The van der Waals surface area contributed by atoms with E-state index in [1.165, 1.54) is 6.07 Å². The molecule has 0 atom stereocenters. The number of carbonyl (C=O) groups excluding carboxylic acids is 1. The van der Waals surface area contributed by atoms with Gasteiger partial charge in [-0.15, -0.1) is 0 Å². The van der Waals surface area contributed by atoms with Crippen molar-refractivity contribution in [3.63, 3.8) is 0 Å². The zero-order valence-corrected chi connectivity index (χ0v) is 9.68. The third kappa shape index (κ3) is 2.03. The Labute approximate surface area is 101 Å². The minimum absolute atomic E-state index is 0.206. The molecule has 0 saturated carbocycles. The van der Waals surface area contributed by atoms with Crippen molar-refractivity contribution in [1.82, 2.24) is 0 Å². The van der Waals surface area contributed by atoms with Gasteiger partial charge in [-0.1, -0.05) is 0 Å². The molecule has 0 radical (unpaired) electrons. The standard InChI is InChI=1S/C13H9F3O2/c1-6-3-9(7(2)18-6)13(17)8-4-10(14)12(16)11(15)5-8/h3-5H,1-2H3. The summed E-state index contributed by atoms with van der Waals surface area (Å²) in [6, 6.07) is 2.81. The molecule has 0 aliphatic carbocycles. The Balaban J connectivity index is 2.50. The monoisotopic (exact) mass is 254 g/mol. The zero-order valence-electron chi connectivity index (χ0n) is 9.68. The Hall–Kier alpha value is -2.04. The molecule has 0 fully saturated rings. The van der Waals surface area contributed by atoms with Crippen molar-refractivity contribution in [1.29, 1.82) is 0 Å². The molecule has 0 aliphatic rings. The first-order chi connectivity index (χ1) is 8.40. The summed E-state index contributed by atoms with van der Waals surface area (Å²) in [5.74, 6) is -4.12. The molecule has 0 saturated heterocycles. The maximum Gasteiger partial charge on any atom is 0.196 e. The van der Waals surface area contributed by atoms with Gasteiger partial charge in [0, 0.05) is 5.56 Å². The highest BCUT2D eigenvalue weighted by Gasteiger charge is 2.19. The number of benzene rings is 1. The quantitative estimate of drug-likeness (QED) is 0.606. The summed E-state index contributed by atoms with van der Waals surface area (Å²) < 4.78 is 44.0. The zero-order chi connectivity index (χ0) is 13.4. The molecule has 1 aromatic carbocycles. The molecular formula is C13H9F3O2. The molecule has 2 nitrogen and oxygen atoms in total. The van der Waals surface area contributed by atoms with Crippen LogP contribution in [-0.2, 0) is 0 Å². The maximum absolute atomic E-state index is 13.0. The summed E-state index contributed by atoms with van der Waals surface area (Å²) in [7, 11) is 0. The predicted molar refractivity (Wildman–Crippen MR) is 57.9 cm³/mol. The summed E-state index contributed by atoms with van der Waals surface area (Å²) >= 11 is 0. The van der Waals surface area contributed by atoms with Crippen LogP contribution in [0.5, 0.6) is 0 Å². The first-order valence-electron chi connectivity index (χ1n) is 5.16. The molecule has 0 unspecified atom stereocenters. The second-order valence-electron chi connectivity index (χ2n) is 3.91. The summed E-state index contributed by atoms with van der Waals surface area (Å²) in [5.41, 5.74) is -0.0480. The Bertz CT molecular complexity index is 606. The van der Waals surface area contributed by atoms with Crippen LogP contribution in [-0.4, -0.2) is 5.78 Å². The second kappa shape index (κ2) is 4.33. The van der Waals surface area contributed by atoms with E-state index >= 15 is 0 Å². The highest BCUT2D eigenvalue weighted by Crippen LogP contribution is 2.20. The highest BCUT2D eigenvalue weighted by molar-refractivity contribution is 6.09. The highest BCUT2D eigenvalue weighted by atomic mass is 19.2.